The van der Waals surface area contributed by atoms with Crippen molar-refractivity contribution in [1.82, 2.24) is 14.7 Å². The van der Waals surface area contributed by atoms with Gasteiger partial charge in [-0.25, -0.2) is 0 Å². The van der Waals surface area contributed by atoms with Crippen molar-refractivity contribution >= 4 is 23.2 Å². The van der Waals surface area contributed by atoms with Crippen LogP contribution in [-0.4, -0.2) is 84.3 Å². The van der Waals surface area contributed by atoms with Crippen molar-refractivity contribution in [3.8, 4) is 11.5 Å². The summed E-state index contributed by atoms with van der Waals surface area (Å²) in [6.07, 6.45) is 13.6. The molecule has 1 aliphatic carbocycles. The smallest absolute Gasteiger partial charge is 0.160 e. The standard InChI is InChI=1S/C22H25Cl2NO.C21H34N2O2/c1-16(6-7-17-8-9-20(23)21(24)14-17)25-12-10-22(11-13-25)19-5-3-2-4-18(19)15-26-22;1-17(8-9-18-10-11-20(24)21(16-18)25-2)22-12-14-23(15-13-22)19-6-4-3-5-7-19/h2-5,8-9,14,16H,6-7,10-13,15H2,1H3;10-11,16-17,19,24H,3-9,12-15H2,1-2H3. The maximum Gasteiger partial charge on any atom is 0.160 e. The molecule has 3 aliphatic heterocycles. The third-order valence-electron chi connectivity index (χ3n) is 12.2. The molecular weight excluding hydrogens is 677 g/mol. The molecule has 1 saturated carbocycles. The van der Waals surface area contributed by atoms with Gasteiger partial charge >= 0.3 is 0 Å². The second kappa shape index (κ2) is 18.1. The number of rotatable bonds is 10. The summed E-state index contributed by atoms with van der Waals surface area (Å²) in [5.74, 6) is 0.796. The number of fused-ring (bicyclic) bond motifs is 2. The fraction of sp³-hybridized carbons (Fsp3) is 0.581. The van der Waals surface area contributed by atoms with E-state index < -0.39 is 0 Å². The maximum absolute atomic E-state index is 9.71. The van der Waals surface area contributed by atoms with Gasteiger partial charge in [0.25, 0.3) is 0 Å². The summed E-state index contributed by atoms with van der Waals surface area (Å²) < 4.78 is 11.5. The Balaban J connectivity index is 0.000000176. The van der Waals surface area contributed by atoms with E-state index in [0.29, 0.717) is 27.9 Å². The van der Waals surface area contributed by atoms with E-state index in [1.807, 2.05) is 24.3 Å². The predicted octanol–water partition coefficient (Wildman–Crippen LogP) is 9.51. The molecule has 2 atom stereocenters. The summed E-state index contributed by atoms with van der Waals surface area (Å²) in [6.45, 7) is 12.5. The molecule has 278 valence electrons. The SMILES string of the molecule is CC(CCc1ccc(Cl)c(Cl)c1)N1CCC2(CC1)OCc1ccccc12.COc1cc(CCC(C)N2CCN(C3CCCCC3)CC2)ccc1O. The molecule has 1 N–H and O–H groups in total. The van der Waals surface area contributed by atoms with Gasteiger partial charge in [-0.05, 0) is 112 Å². The molecule has 3 fully saturated rings. The summed E-state index contributed by atoms with van der Waals surface area (Å²) in [5, 5.41) is 11.0. The van der Waals surface area contributed by atoms with Crippen LogP contribution in [0.3, 0.4) is 0 Å². The molecule has 6 nitrogen and oxygen atoms in total. The number of nitrogens with zero attached hydrogens (tertiary/aromatic N) is 3. The number of ether oxygens (including phenoxy) is 2. The topological polar surface area (TPSA) is 48.4 Å². The van der Waals surface area contributed by atoms with Gasteiger partial charge in [-0.2, -0.15) is 0 Å². The Bertz CT molecular complexity index is 1550. The number of piperidine rings is 1. The molecule has 0 aromatic heterocycles. The van der Waals surface area contributed by atoms with Crippen LogP contribution >= 0.6 is 23.2 Å². The Morgan fingerprint density at radius 1 is 0.784 bits per heavy atom. The van der Waals surface area contributed by atoms with Gasteiger partial charge in [0.05, 0.1) is 29.4 Å². The van der Waals surface area contributed by atoms with Gasteiger partial charge in [0.1, 0.15) is 0 Å². The largest absolute Gasteiger partial charge is 0.504 e. The highest BCUT2D eigenvalue weighted by atomic mass is 35.5. The molecule has 3 aromatic rings. The molecule has 7 rings (SSSR count). The first-order valence-electron chi connectivity index (χ1n) is 19.5. The molecule has 2 unspecified atom stereocenters. The summed E-state index contributed by atoms with van der Waals surface area (Å²) in [6, 6.07) is 22.4. The second-order valence-corrected chi connectivity index (χ2v) is 16.2. The number of phenolic OH excluding ortho intramolecular Hbond substituents is 1. The molecule has 8 heteroatoms. The van der Waals surface area contributed by atoms with E-state index >= 15 is 0 Å². The predicted molar refractivity (Wildman–Crippen MR) is 210 cm³/mol. The van der Waals surface area contributed by atoms with E-state index in [9.17, 15) is 5.11 Å². The molecular formula is C43H59Cl2N3O3. The summed E-state index contributed by atoms with van der Waals surface area (Å²) >= 11 is 12.1. The zero-order valence-electron chi connectivity index (χ0n) is 31.1. The van der Waals surface area contributed by atoms with E-state index in [2.05, 4.69) is 58.9 Å². The minimum absolute atomic E-state index is 0.0451. The fourth-order valence-electron chi connectivity index (χ4n) is 8.80. The lowest BCUT2D eigenvalue weighted by atomic mass is 9.83. The van der Waals surface area contributed by atoms with Crippen molar-refractivity contribution in [2.24, 2.45) is 0 Å². The number of halogens is 2. The lowest BCUT2D eigenvalue weighted by molar-refractivity contribution is -0.0837. The highest BCUT2D eigenvalue weighted by molar-refractivity contribution is 6.42. The van der Waals surface area contributed by atoms with Crippen molar-refractivity contribution in [2.75, 3.05) is 46.4 Å². The average Bonchev–Trinajstić information content (AvgIpc) is 3.53. The number of phenols is 1. The molecule has 0 bridgehead atoms. The third kappa shape index (κ3) is 9.82. The van der Waals surface area contributed by atoms with Crippen molar-refractivity contribution in [3.63, 3.8) is 0 Å². The second-order valence-electron chi connectivity index (χ2n) is 15.4. The molecule has 3 heterocycles. The van der Waals surface area contributed by atoms with Gasteiger partial charge in [-0.3, -0.25) is 9.80 Å². The van der Waals surface area contributed by atoms with E-state index in [0.717, 1.165) is 64.3 Å². The van der Waals surface area contributed by atoms with Crippen LogP contribution in [0.2, 0.25) is 10.0 Å². The minimum atomic E-state index is -0.0451. The lowest BCUT2D eigenvalue weighted by Gasteiger charge is -2.42. The zero-order chi connectivity index (χ0) is 35.8. The first kappa shape index (κ1) is 38.4. The lowest BCUT2D eigenvalue weighted by Crippen LogP contribution is -2.53. The normalized spacial score (nSPS) is 21.1. The number of aryl methyl sites for hydroxylation is 2. The Morgan fingerprint density at radius 2 is 1.41 bits per heavy atom. The number of methoxy groups -OCH3 is 1. The van der Waals surface area contributed by atoms with E-state index in [1.54, 1.807) is 13.2 Å². The molecule has 0 radical (unpaired) electrons. The van der Waals surface area contributed by atoms with Gasteiger partial charge in [0.2, 0.25) is 0 Å². The van der Waals surface area contributed by atoms with Crippen LogP contribution in [0.4, 0.5) is 0 Å². The first-order valence-corrected chi connectivity index (χ1v) is 20.2. The van der Waals surface area contributed by atoms with Crippen molar-refractivity contribution in [1.29, 1.82) is 0 Å². The van der Waals surface area contributed by atoms with E-state index in [-0.39, 0.29) is 11.4 Å². The zero-order valence-corrected chi connectivity index (χ0v) is 32.6. The van der Waals surface area contributed by atoms with Crippen molar-refractivity contribution in [3.05, 3.63) is 93.0 Å². The quantitative estimate of drug-likeness (QED) is 0.224. The number of hydrogen-bond acceptors (Lipinski definition) is 6. The summed E-state index contributed by atoms with van der Waals surface area (Å²) in [7, 11) is 1.60. The number of benzene rings is 3. The fourth-order valence-corrected chi connectivity index (χ4v) is 9.12. The van der Waals surface area contributed by atoms with Crippen LogP contribution in [0.1, 0.15) is 93.9 Å². The van der Waals surface area contributed by atoms with Gasteiger partial charge in [-0.15, -0.1) is 0 Å². The highest BCUT2D eigenvalue weighted by Crippen LogP contribution is 2.44. The summed E-state index contributed by atoms with van der Waals surface area (Å²) in [5.41, 5.74) is 5.24. The van der Waals surface area contributed by atoms with E-state index in [1.165, 1.54) is 80.5 Å². The van der Waals surface area contributed by atoms with Crippen molar-refractivity contribution < 1.29 is 14.6 Å². The molecule has 51 heavy (non-hydrogen) atoms. The highest BCUT2D eigenvalue weighted by Gasteiger charge is 2.42. The average molecular weight is 737 g/mol. The molecule has 3 aromatic carbocycles. The monoisotopic (exact) mass is 735 g/mol. The van der Waals surface area contributed by atoms with E-state index in [4.69, 9.17) is 32.7 Å². The van der Waals surface area contributed by atoms with Crippen LogP contribution < -0.4 is 4.74 Å². The third-order valence-corrected chi connectivity index (χ3v) is 13.0. The van der Waals surface area contributed by atoms with Gasteiger partial charge < -0.3 is 19.5 Å². The van der Waals surface area contributed by atoms with Crippen LogP contribution in [-0.2, 0) is 29.8 Å². The molecule has 1 spiro atoms. The molecule has 4 aliphatic rings. The Labute approximate surface area is 317 Å². The minimum Gasteiger partial charge on any atom is -0.504 e. The first-order chi connectivity index (χ1) is 24.7. The molecule has 2 saturated heterocycles. The number of aromatic hydroxyl groups is 1. The van der Waals surface area contributed by atoms with Gasteiger partial charge in [-0.1, -0.05) is 78.9 Å². The van der Waals surface area contributed by atoms with Crippen LogP contribution in [0.5, 0.6) is 11.5 Å². The van der Waals surface area contributed by atoms with Gasteiger partial charge in [0.15, 0.2) is 11.5 Å². The summed E-state index contributed by atoms with van der Waals surface area (Å²) in [4.78, 5) is 8.00. The Morgan fingerprint density at radius 3 is 2.08 bits per heavy atom. The van der Waals surface area contributed by atoms with Crippen LogP contribution in [0, 0.1) is 0 Å². The number of hydrogen-bond donors (Lipinski definition) is 1. The van der Waals surface area contributed by atoms with Crippen LogP contribution in [0.25, 0.3) is 0 Å². The Hall–Kier alpha value is -2.32. The van der Waals surface area contributed by atoms with Crippen molar-refractivity contribution in [2.45, 2.75) is 115 Å². The van der Waals surface area contributed by atoms with Crippen LogP contribution in [0.15, 0.2) is 60.7 Å². The van der Waals surface area contributed by atoms with Gasteiger partial charge in [0, 0.05) is 57.4 Å². The number of piperazine rings is 1. The molecule has 0 amide bonds. The maximum atomic E-state index is 9.71. The Kier molecular flexibility index (Phi) is 13.7. The number of likely N-dealkylation sites (tertiary alicyclic amines) is 1.